The molecule has 0 radical (unpaired) electrons. The SMILES string of the molecule is Cc1cnn(C)c1-c1ccc(NC(=O)C2CC3CN(CC(C)C(C)(C)C)CC3C2)nn1. The van der Waals surface area contributed by atoms with E-state index in [0.29, 0.717) is 29.0 Å². The number of aryl methyl sites for hydroxylation is 2. The number of aromatic nitrogens is 4. The molecule has 4 rings (SSSR count). The molecule has 1 saturated heterocycles. The number of hydrogen-bond acceptors (Lipinski definition) is 5. The van der Waals surface area contributed by atoms with Crippen LogP contribution < -0.4 is 5.32 Å². The lowest BCUT2D eigenvalue weighted by molar-refractivity contribution is -0.119. The monoisotopic (exact) mass is 424 g/mol. The van der Waals surface area contributed by atoms with Gasteiger partial charge < -0.3 is 10.2 Å². The van der Waals surface area contributed by atoms with Gasteiger partial charge in [0.05, 0.1) is 11.9 Å². The first kappa shape index (κ1) is 21.9. The van der Waals surface area contributed by atoms with E-state index in [0.717, 1.165) is 49.4 Å². The summed E-state index contributed by atoms with van der Waals surface area (Å²) in [6, 6.07) is 3.72. The molecule has 2 aromatic rings. The van der Waals surface area contributed by atoms with Crippen LogP contribution in [0.2, 0.25) is 0 Å². The Morgan fingerprint density at radius 3 is 2.39 bits per heavy atom. The predicted octanol–water partition coefficient (Wildman–Crippen LogP) is 3.76. The Hall–Kier alpha value is -2.28. The number of fused-ring (bicyclic) bond motifs is 1. The van der Waals surface area contributed by atoms with Gasteiger partial charge in [-0.15, -0.1) is 10.2 Å². The molecule has 31 heavy (non-hydrogen) atoms. The van der Waals surface area contributed by atoms with Crippen molar-refractivity contribution in [2.75, 3.05) is 25.0 Å². The Morgan fingerprint density at radius 1 is 1.19 bits per heavy atom. The number of nitrogens with zero attached hydrogens (tertiary/aromatic N) is 5. The molecule has 3 heterocycles. The lowest BCUT2D eigenvalue weighted by Gasteiger charge is -2.31. The molecule has 1 saturated carbocycles. The molecular formula is C24H36N6O. The number of carbonyl (C=O) groups excluding carboxylic acids is 1. The van der Waals surface area contributed by atoms with Crippen LogP contribution in [0.15, 0.2) is 18.3 Å². The molecule has 2 aliphatic rings. The zero-order valence-electron chi connectivity index (χ0n) is 19.7. The molecule has 1 aliphatic heterocycles. The number of hydrogen-bond donors (Lipinski definition) is 1. The molecule has 0 bridgehead atoms. The second-order valence-corrected chi connectivity index (χ2v) is 10.8. The van der Waals surface area contributed by atoms with E-state index in [-0.39, 0.29) is 11.8 Å². The Bertz CT molecular complexity index is 895. The second-order valence-electron chi connectivity index (χ2n) is 10.8. The zero-order valence-corrected chi connectivity index (χ0v) is 19.7. The Balaban J connectivity index is 1.30. The van der Waals surface area contributed by atoms with Crippen LogP contribution in [0, 0.1) is 36.0 Å². The van der Waals surface area contributed by atoms with Gasteiger partial charge in [0.1, 0.15) is 5.69 Å². The summed E-state index contributed by atoms with van der Waals surface area (Å²) in [6.07, 6.45) is 3.78. The molecule has 168 valence electrons. The third-order valence-electron chi connectivity index (χ3n) is 7.49. The van der Waals surface area contributed by atoms with Crippen molar-refractivity contribution in [1.82, 2.24) is 24.9 Å². The zero-order chi connectivity index (χ0) is 22.3. The second kappa shape index (κ2) is 8.34. The van der Waals surface area contributed by atoms with Crippen molar-refractivity contribution in [1.29, 1.82) is 0 Å². The molecule has 3 atom stereocenters. The van der Waals surface area contributed by atoms with Crippen LogP contribution in [-0.2, 0) is 11.8 Å². The van der Waals surface area contributed by atoms with Gasteiger partial charge in [0.2, 0.25) is 5.91 Å². The van der Waals surface area contributed by atoms with E-state index >= 15 is 0 Å². The van der Waals surface area contributed by atoms with Crippen LogP contribution in [0.25, 0.3) is 11.4 Å². The number of amides is 1. The van der Waals surface area contributed by atoms with E-state index in [9.17, 15) is 4.79 Å². The molecule has 1 N–H and O–H groups in total. The normalized spacial score (nSPS) is 24.9. The summed E-state index contributed by atoms with van der Waals surface area (Å²) in [5, 5.41) is 15.8. The topological polar surface area (TPSA) is 75.9 Å². The highest BCUT2D eigenvalue weighted by atomic mass is 16.2. The summed E-state index contributed by atoms with van der Waals surface area (Å²) in [5.41, 5.74) is 3.10. The molecule has 0 aromatic carbocycles. The van der Waals surface area contributed by atoms with E-state index in [2.05, 4.69) is 53.2 Å². The number of nitrogens with one attached hydrogen (secondary N) is 1. The molecular weight excluding hydrogens is 388 g/mol. The minimum absolute atomic E-state index is 0.0815. The summed E-state index contributed by atoms with van der Waals surface area (Å²) >= 11 is 0. The number of rotatable bonds is 5. The van der Waals surface area contributed by atoms with Gasteiger partial charge in [0, 0.05) is 32.6 Å². The molecule has 3 unspecified atom stereocenters. The van der Waals surface area contributed by atoms with E-state index in [4.69, 9.17) is 0 Å². The van der Waals surface area contributed by atoms with Crippen molar-refractivity contribution in [3.8, 4) is 11.4 Å². The fourth-order valence-corrected chi connectivity index (χ4v) is 5.09. The molecule has 1 aliphatic carbocycles. The summed E-state index contributed by atoms with van der Waals surface area (Å²) in [6.45, 7) is 14.7. The summed E-state index contributed by atoms with van der Waals surface area (Å²) in [4.78, 5) is 15.5. The lowest BCUT2D eigenvalue weighted by Crippen LogP contribution is -2.33. The number of carbonyl (C=O) groups is 1. The van der Waals surface area contributed by atoms with Gasteiger partial charge in [-0.25, -0.2) is 0 Å². The van der Waals surface area contributed by atoms with E-state index in [1.54, 1.807) is 4.68 Å². The maximum Gasteiger partial charge on any atom is 0.228 e. The Labute approximate surface area is 185 Å². The van der Waals surface area contributed by atoms with Gasteiger partial charge in [-0.3, -0.25) is 9.48 Å². The average Bonchev–Trinajstić information content (AvgIpc) is 3.35. The molecule has 7 nitrogen and oxygen atoms in total. The highest BCUT2D eigenvalue weighted by Gasteiger charge is 2.43. The quantitative estimate of drug-likeness (QED) is 0.791. The summed E-state index contributed by atoms with van der Waals surface area (Å²) in [5.74, 6) is 2.64. The number of likely N-dealkylation sites (tertiary alicyclic amines) is 1. The van der Waals surface area contributed by atoms with Crippen LogP contribution in [-0.4, -0.2) is 50.4 Å². The highest BCUT2D eigenvalue weighted by molar-refractivity contribution is 5.91. The fraction of sp³-hybridized carbons (Fsp3) is 0.667. The first-order valence-corrected chi connectivity index (χ1v) is 11.5. The first-order valence-electron chi connectivity index (χ1n) is 11.5. The van der Waals surface area contributed by atoms with Crippen molar-refractivity contribution in [2.45, 2.75) is 47.5 Å². The first-order chi connectivity index (χ1) is 14.6. The van der Waals surface area contributed by atoms with Gasteiger partial charge in [0.15, 0.2) is 5.82 Å². The van der Waals surface area contributed by atoms with Gasteiger partial charge in [0.25, 0.3) is 0 Å². The van der Waals surface area contributed by atoms with E-state index in [1.807, 2.05) is 32.3 Å². The van der Waals surface area contributed by atoms with E-state index in [1.165, 1.54) is 0 Å². The molecule has 1 amide bonds. The van der Waals surface area contributed by atoms with Crippen molar-refractivity contribution in [3.63, 3.8) is 0 Å². The molecule has 2 fully saturated rings. The van der Waals surface area contributed by atoms with Crippen molar-refractivity contribution >= 4 is 11.7 Å². The third kappa shape index (κ3) is 4.66. The van der Waals surface area contributed by atoms with Gasteiger partial charge in [-0.2, -0.15) is 5.10 Å². The summed E-state index contributed by atoms with van der Waals surface area (Å²) in [7, 11) is 1.89. The van der Waals surface area contributed by atoms with Crippen LogP contribution in [0.5, 0.6) is 0 Å². The van der Waals surface area contributed by atoms with Crippen molar-refractivity contribution in [2.24, 2.45) is 36.1 Å². The van der Waals surface area contributed by atoms with Crippen molar-refractivity contribution in [3.05, 3.63) is 23.9 Å². The maximum absolute atomic E-state index is 12.9. The average molecular weight is 425 g/mol. The minimum atomic E-state index is 0.0815. The smallest absolute Gasteiger partial charge is 0.228 e. The molecule has 7 heteroatoms. The lowest BCUT2D eigenvalue weighted by atomic mass is 9.82. The molecule has 2 aromatic heterocycles. The Morgan fingerprint density at radius 2 is 1.87 bits per heavy atom. The Kier molecular flexibility index (Phi) is 5.90. The van der Waals surface area contributed by atoms with Crippen LogP contribution in [0.4, 0.5) is 5.82 Å². The molecule has 0 spiro atoms. The van der Waals surface area contributed by atoms with Gasteiger partial charge in [-0.05, 0) is 60.6 Å². The van der Waals surface area contributed by atoms with Crippen LogP contribution >= 0.6 is 0 Å². The predicted molar refractivity (Wildman–Crippen MR) is 122 cm³/mol. The van der Waals surface area contributed by atoms with Gasteiger partial charge >= 0.3 is 0 Å². The summed E-state index contributed by atoms with van der Waals surface area (Å²) < 4.78 is 1.79. The van der Waals surface area contributed by atoms with Crippen LogP contribution in [0.1, 0.15) is 46.1 Å². The van der Waals surface area contributed by atoms with Gasteiger partial charge in [-0.1, -0.05) is 27.7 Å². The van der Waals surface area contributed by atoms with Crippen molar-refractivity contribution < 1.29 is 4.79 Å². The van der Waals surface area contributed by atoms with E-state index < -0.39 is 0 Å². The minimum Gasteiger partial charge on any atom is -0.309 e. The highest BCUT2D eigenvalue weighted by Crippen LogP contribution is 2.42. The largest absolute Gasteiger partial charge is 0.309 e. The third-order valence-corrected chi connectivity index (χ3v) is 7.49. The number of anilines is 1. The fourth-order valence-electron chi connectivity index (χ4n) is 5.09. The maximum atomic E-state index is 12.9. The van der Waals surface area contributed by atoms with Crippen LogP contribution in [0.3, 0.4) is 0 Å². The standard InChI is InChI=1S/C24H36N6O/c1-15-11-25-29(6)22(15)20-7-8-21(28-27-20)26-23(31)17-9-18-13-30(14-19(18)10-17)12-16(2)24(3,4)5/h7-8,11,16-19H,9-10,12-14H2,1-6H3,(H,26,28,31).